The molecule has 0 saturated heterocycles. The Morgan fingerprint density at radius 1 is 1.11 bits per heavy atom. The third-order valence-corrected chi connectivity index (χ3v) is 2.88. The molecule has 0 saturated carbocycles. The molecule has 0 aromatic rings. The zero-order valence-corrected chi connectivity index (χ0v) is 12.1. The van der Waals surface area contributed by atoms with Gasteiger partial charge in [-0.2, -0.15) is 0 Å². The second kappa shape index (κ2) is 8.50. The van der Waals surface area contributed by atoms with Gasteiger partial charge in [0.15, 0.2) is 0 Å². The molecule has 0 spiro atoms. The highest BCUT2D eigenvalue weighted by Gasteiger charge is 2.21. The zero-order valence-electron chi connectivity index (χ0n) is 12.1. The number of carboxylic acids is 1. The molecule has 19 heavy (non-hydrogen) atoms. The maximum Gasteiger partial charge on any atom is 0.303 e. The molecule has 2 unspecified atom stereocenters. The lowest BCUT2D eigenvalue weighted by atomic mass is 10.0. The van der Waals surface area contributed by atoms with E-state index in [1.807, 2.05) is 13.8 Å². The number of hydrogen-bond donors (Lipinski definition) is 2. The molecule has 0 radical (unpaired) electrons. The van der Waals surface area contributed by atoms with Crippen LogP contribution in [0.3, 0.4) is 0 Å². The largest absolute Gasteiger partial charge is 0.481 e. The van der Waals surface area contributed by atoms with Crippen LogP contribution in [0.2, 0.25) is 0 Å². The predicted octanol–water partition coefficient (Wildman–Crippen LogP) is 0.860. The van der Waals surface area contributed by atoms with Gasteiger partial charge < -0.3 is 15.3 Å². The summed E-state index contributed by atoms with van der Waals surface area (Å²) in [7, 11) is 0. The molecular formula is C13H24N2O4. The smallest absolute Gasteiger partial charge is 0.303 e. The summed E-state index contributed by atoms with van der Waals surface area (Å²) in [6, 6.07) is -0.579. The van der Waals surface area contributed by atoms with E-state index in [9.17, 15) is 14.4 Å². The first kappa shape index (κ1) is 17.4. The van der Waals surface area contributed by atoms with Crippen molar-refractivity contribution in [2.75, 3.05) is 13.1 Å². The molecule has 2 amide bonds. The number of carbonyl (C=O) groups is 3. The van der Waals surface area contributed by atoms with Gasteiger partial charge in [-0.1, -0.05) is 6.92 Å². The van der Waals surface area contributed by atoms with Crippen molar-refractivity contribution in [1.82, 2.24) is 10.2 Å². The Balaban J connectivity index is 4.25. The SMILES string of the molecule is CCN(CC)C(=O)C(C)NC(=O)CC(C)CC(=O)O. The van der Waals surface area contributed by atoms with Crippen LogP contribution in [0.25, 0.3) is 0 Å². The minimum absolute atomic E-state index is 0.0498. The van der Waals surface area contributed by atoms with E-state index in [0.29, 0.717) is 13.1 Å². The van der Waals surface area contributed by atoms with Gasteiger partial charge in [0.25, 0.3) is 0 Å². The summed E-state index contributed by atoms with van der Waals surface area (Å²) in [4.78, 5) is 35.7. The second-order valence-corrected chi connectivity index (χ2v) is 4.71. The first-order valence-corrected chi connectivity index (χ1v) is 6.61. The van der Waals surface area contributed by atoms with Crippen LogP contribution in [0.15, 0.2) is 0 Å². The van der Waals surface area contributed by atoms with Crippen LogP contribution >= 0.6 is 0 Å². The van der Waals surface area contributed by atoms with Gasteiger partial charge in [0.05, 0.1) is 0 Å². The Hall–Kier alpha value is -1.59. The van der Waals surface area contributed by atoms with Crippen molar-refractivity contribution in [3.8, 4) is 0 Å². The number of nitrogens with one attached hydrogen (secondary N) is 1. The molecule has 0 bridgehead atoms. The lowest BCUT2D eigenvalue weighted by Crippen LogP contribution is -2.47. The number of rotatable bonds is 8. The summed E-state index contributed by atoms with van der Waals surface area (Å²) in [5.74, 6) is -1.58. The molecule has 0 aromatic heterocycles. The minimum atomic E-state index is -0.924. The molecule has 0 rings (SSSR count). The molecule has 2 N–H and O–H groups in total. The Labute approximate surface area is 114 Å². The average Bonchev–Trinajstić information content (AvgIpc) is 2.28. The summed E-state index contributed by atoms with van der Waals surface area (Å²) >= 11 is 0. The Kier molecular flexibility index (Phi) is 7.79. The zero-order chi connectivity index (χ0) is 15.0. The van der Waals surface area contributed by atoms with E-state index in [4.69, 9.17) is 5.11 Å². The van der Waals surface area contributed by atoms with Crippen LogP contribution in [0.4, 0.5) is 0 Å². The van der Waals surface area contributed by atoms with Gasteiger partial charge >= 0.3 is 5.97 Å². The minimum Gasteiger partial charge on any atom is -0.481 e. The summed E-state index contributed by atoms with van der Waals surface area (Å²) in [6.45, 7) is 8.30. The fourth-order valence-corrected chi connectivity index (χ4v) is 1.86. The van der Waals surface area contributed by atoms with Gasteiger partial charge in [-0.15, -0.1) is 0 Å². The third-order valence-electron chi connectivity index (χ3n) is 2.88. The van der Waals surface area contributed by atoms with E-state index in [-0.39, 0.29) is 30.6 Å². The maximum atomic E-state index is 11.9. The quantitative estimate of drug-likeness (QED) is 0.686. The number of carbonyl (C=O) groups excluding carboxylic acids is 2. The van der Waals surface area contributed by atoms with E-state index in [1.165, 1.54) is 0 Å². The summed E-state index contributed by atoms with van der Waals surface area (Å²) in [5, 5.41) is 11.2. The number of hydrogen-bond acceptors (Lipinski definition) is 3. The Morgan fingerprint density at radius 3 is 2.05 bits per heavy atom. The Morgan fingerprint density at radius 2 is 1.63 bits per heavy atom. The number of carboxylic acid groups (broad SMARTS) is 1. The maximum absolute atomic E-state index is 11.9. The average molecular weight is 272 g/mol. The standard InChI is InChI=1S/C13H24N2O4/c1-5-15(6-2)13(19)10(4)14-11(16)7-9(3)8-12(17)18/h9-10H,5-8H2,1-4H3,(H,14,16)(H,17,18). The van der Waals surface area contributed by atoms with Crippen molar-refractivity contribution in [3.63, 3.8) is 0 Å². The van der Waals surface area contributed by atoms with Gasteiger partial charge in [0.2, 0.25) is 11.8 Å². The van der Waals surface area contributed by atoms with Crippen LogP contribution in [0, 0.1) is 5.92 Å². The third kappa shape index (κ3) is 6.79. The van der Waals surface area contributed by atoms with Crippen molar-refractivity contribution in [1.29, 1.82) is 0 Å². The highest BCUT2D eigenvalue weighted by molar-refractivity contribution is 5.87. The topological polar surface area (TPSA) is 86.7 Å². The molecule has 0 aliphatic heterocycles. The number of likely N-dealkylation sites (N-methyl/N-ethyl adjacent to an activating group) is 1. The van der Waals surface area contributed by atoms with E-state index in [1.54, 1.807) is 18.7 Å². The molecule has 0 heterocycles. The molecule has 6 heteroatoms. The highest BCUT2D eigenvalue weighted by Crippen LogP contribution is 2.07. The van der Waals surface area contributed by atoms with E-state index in [0.717, 1.165) is 0 Å². The Bertz CT molecular complexity index is 327. The van der Waals surface area contributed by atoms with Crippen LogP contribution < -0.4 is 5.32 Å². The van der Waals surface area contributed by atoms with Crippen molar-refractivity contribution in [3.05, 3.63) is 0 Å². The normalized spacial score (nSPS) is 13.5. The first-order chi connectivity index (χ1) is 8.81. The van der Waals surface area contributed by atoms with Gasteiger partial charge in [-0.05, 0) is 26.7 Å². The van der Waals surface area contributed by atoms with Gasteiger partial charge in [0, 0.05) is 25.9 Å². The fraction of sp³-hybridized carbons (Fsp3) is 0.769. The fourth-order valence-electron chi connectivity index (χ4n) is 1.86. The molecule has 0 aliphatic rings. The molecular weight excluding hydrogens is 248 g/mol. The first-order valence-electron chi connectivity index (χ1n) is 6.61. The number of aliphatic carboxylic acids is 1. The van der Waals surface area contributed by atoms with E-state index < -0.39 is 12.0 Å². The van der Waals surface area contributed by atoms with Crippen molar-refractivity contribution in [2.45, 2.75) is 46.6 Å². The number of nitrogens with zero attached hydrogens (tertiary/aromatic N) is 1. The summed E-state index contributed by atoms with van der Waals surface area (Å²) < 4.78 is 0. The van der Waals surface area contributed by atoms with Crippen molar-refractivity contribution >= 4 is 17.8 Å². The van der Waals surface area contributed by atoms with Gasteiger partial charge in [0.1, 0.15) is 6.04 Å². The van der Waals surface area contributed by atoms with Gasteiger partial charge in [-0.3, -0.25) is 14.4 Å². The molecule has 0 aromatic carbocycles. The monoisotopic (exact) mass is 272 g/mol. The lowest BCUT2D eigenvalue weighted by Gasteiger charge is -2.23. The molecule has 0 fully saturated rings. The number of amides is 2. The van der Waals surface area contributed by atoms with Gasteiger partial charge in [-0.25, -0.2) is 0 Å². The molecule has 0 aliphatic carbocycles. The molecule has 2 atom stereocenters. The van der Waals surface area contributed by atoms with Crippen molar-refractivity contribution in [2.24, 2.45) is 5.92 Å². The predicted molar refractivity (Wildman–Crippen MR) is 71.6 cm³/mol. The van der Waals surface area contributed by atoms with Crippen molar-refractivity contribution < 1.29 is 19.5 Å². The van der Waals surface area contributed by atoms with Crippen LogP contribution in [-0.2, 0) is 14.4 Å². The summed E-state index contributed by atoms with van der Waals surface area (Å²) in [6.07, 6.45) is 0.0635. The van der Waals surface area contributed by atoms with Crippen LogP contribution in [0.1, 0.15) is 40.5 Å². The molecule has 6 nitrogen and oxygen atoms in total. The van der Waals surface area contributed by atoms with Crippen LogP contribution in [0.5, 0.6) is 0 Å². The van der Waals surface area contributed by atoms with E-state index >= 15 is 0 Å². The summed E-state index contributed by atoms with van der Waals surface area (Å²) in [5.41, 5.74) is 0. The van der Waals surface area contributed by atoms with Crippen LogP contribution in [-0.4, -0.2) is 46.9 Å². The van der Waals surface area contributed by atoms with E-state index in [2.05, 4.69) is 5.32 Å². The highest BCUT2D eigenvalue weighted by atomic mass is 16.4. The molecule has 110 valence electrons. The second-order valence-electron chi connectivity index (χ2n) is 4.71. The lowest BCUT2D eigenvalue weighted by molar-refractivity contribution is -0.139.